The third-order valence-electron chi connectivity index (χ3n) is 6.33. The number of hydrogen-bond donors (Lipinski definition) is 0. The molecule has 2 aromatic carbocycles. The van der Waals surface area contributed by atoms with Crippen molar-refractivity contribution >= 4 is 0 Å². The Morgan fingerprint density at radius 1 is 1.00 bits per heavy atom. The standard InChI is InChI=1S/C25H32N4/c1-4-16-29(23-17-21-12-8-9-13-22(21)18-23)19(2)14-15-24-26-27-25(28(24)3)20-10-6-5-7-11-20/h5-13,19,23H,4,14-18H2,1-3H3. The van der Waals surface area contributed by atoms with Crippen LogP contribution in [0.3, 0.4) is 0 Å². The predicted octanol–water partition coefficient (Wildman–Crippen LogP) is 4.68. The zero-order valence-electron chi connectivity index (χ0n) is 17.9. The second kappa shape index (κ2) is 8.91. The smallest absolute Gasteiger partial charge is 0.163 e. The van der Waals surface area contributed by atoms with Crippen molar-refractivity contribution in [3.8, 4) is 11.4 Å². The van der Waals surface area contributed by atoms with Crippen LogP contribution in [0.15, 0.2) is 54.6 Å². The number of fused-ring (bicyclic) bond motifs is 1. The van der Waals surface area contributed by atoms with Gasteiger partial charge in [0, 0.05) is 31.1 Å². The molecule has 4 heteroatoms. The van der Waals surface area contributed by atoms with Crippen LogP contribution >= 0.6 is 0 Å². The van der Waals surface area contributed by atoms with Crippen molar-refractivity contribution in [2.45, 2.75) is 58.0 Å². The summed E-state index contributed by atoms with van der Waals surface area (Å²) in [7, 11) is 2.08. The molecule has 1 unspecified atom stereocenters. The fourth-order valence-corrected chi connectivity index (χ4v) is 4.71. The molecule has 1 aromatic heterocycles. The summed E-state index contributed by atoms with van der Waals surface area (Å²) in [5.41, 5.74) is 4.19. The van der Waals surface area contributed by atoms with Crippen LogP contribution in [0.5, 0.6) is 0 Å². The summed E-state index contributed by atoms with van der Waals surface area (Å²) in [5.74, 6) is 2.02. The Balaban J connectivity index is 1.42. The Morgan fingerprint density at radius 2 is 1.66 bits per heavy atom. The number of rotatable bonds is 8. The molecule has 1 atom stereocenters. The van der Waals surface area contributed by atoms with Crippen molar-refractivity contribution in [2.75, 3.05) is 6.54 Å². The van der Waals surface area contributed by atoms with E-state index in [2.05, 4.69) is 77.0 Å². The van der Waals surface area contributed by atoms with E-state index in [9.17, 15) is 0 Å². The van der Waals surface area contributed by atoms with Gasteiger partial charge in [0.15, 0.2) is 5.82 Å². The largest absolute Gasteiger partial charge is 0.314 e. The molecule has 0 radical (unpaired) electrons. The Labute approximate surface area is 174 Å². The summed E-state index contributed by atoms with van der Waals surface area (Å²) in [6.07, 6.45) is 5.62. The zero-order chi connectivity index (χ0) is 20.2. The fourth-order valence-electron chi connectivity index (χ4n) is 4.71. The monoisotopic (exact) mass is 388 g/mol. The Bertz CT molecular complexity index is 906. The maximum absolute atomic E-state index is 4.49. The van der Waals surface area contributed by atoms with Gasteiger partial charge in [-0.3, -0.25) is 4.90 Å². The topological polar surface area (TPSA) is 34.0 Å². The van der Waals surface area contributed by atoms with Crippen LogP contribution in [0.1, 0.15) is 43.6 Å². The first-order chi connectivity index (χ1) is 14.2. The fraction of sp³-hybridized carbons (Fsp3) is 0.440. The van der Waals surface area contributed by atoms with E-state index in [1.807, 2.05) is 18.2 Å². The SMILES string of the molecule is CCCN(C(C)CCc1nnc(-c2ccccc2)n1C)C1Cc2ccccc2C1. The van der Waals surface area contributed by atoms with Crippen molar-refractivity contribution in [3.05, 3.63) is 71.5 Å². The van der Waals surface area contributed by atoms with Crippen LogP contribution in [-0.2, 0) is 26.3 Å². The van der Waals surface area contributed by atoms with Crippen LogP contribution < -0.4 is 0 Å². The van der Waals surface area contributed by atoms with E-state index in [0.717, 1.165) is 36.6 Å². The lowest BCUT2D eigenvalue weighted by Gasteiger charge is -2.34. The van der Waals surface area contributed by atoms with Gasteiger partial charge in [0.2, 0.25) is 0 Å². The minimum atomic E-state index is 0.533. The number of nitrogens with zero attached hydrogens (tertiary/aromatic N) is 4. The van der Waals surface area contributed by atoms with Gasteiger partial charge < -0.3 is 4.57 Å². The van der Waals surface area contributed by atoms with E-state index in [1.165, 1.54) is 30.4 Å². The third-order valence-corrected chi connectivity index (χ3v) is 6.33. The van der Waals surface area contributed by atoms with Gasteiger partial charge in [-0.25, -0.2) is 0 Å². The second-order valence-corrected chi connectivity index (χ2v) is 8.32. The van der Waals surface area contributed by atoms with Crippen LogP contribution in [0.4, 0.5) is 0 Å². The minimum absolute atomic E-state index is 0.533. The lowest BCUT2D eigenvalue weighted by Crippen LogP contribution is -2.43. The van der Waals surface area contributed by atoms with Gasteiger partial charge >= 0.3 is 0 Å². The van der Waals surface area contributed by atoms with E-state index >= 15 is 0 Å². The molecular formula is C25H32N4. The van der Waals surface area contributed by atoms with Gasteiger partial charge in [-0.05, 0) is 50.3 Å². The second-order valence-electron chi connectivity index (χ2n) is 8.32. The first-order valence-electron chi connectivity index (χ1n) is 10.9. The number of aryl methyl sites for hydroxylation is 1. The van der Waals surface area contributed by atoms with Crippen molar-refractivity contribution in [1.82, 2.24) is 19.7 Å². The highest BCUT2D eigenvalue weighted by molar-refractivity contribution is 5.54. The molecule has 0 N–H and O–H groups in total. The van der Waals surface area contributed by atoms with E-state index < -0.39 is 0 Å². The maximum atomic E-state index is 4.49. The highest BCUT2D eigenvalue weighted by Crippen LogP contribution is 2.28. The van der Waals surface area contributed by atoms with Gasteiger partial charge in [-0.15, -0.1) is 10.2 Å². The van der Waals surface area contributed by atoms with Crippen LogP contribution in [0.25, 0.3) is 11.4 Å². The predicted molar refractivity (Wildman–Crippen MR) is 119 cm³/mol. The summed E-state index contributed by atoms with van der Waals surface area (Å²) < 4.78 is 2.15. The number of aromatic nitrogens is 3. The molecule has 1 heterocycles. The van der Waals surface area contributed by atoms with E-state index in [4.69, 9.17) is 0 Å². The minimum Gasteiger partial charge on any atom is -0.314 e. The molecule has 1 aliphatic carbocycles. The van der Waals surface area contributed by atoms with Crippen molar-refractivity contribution in [3.63, 3.8) is 0 Å². The molecule has 4 rings (SSSR count). The molecule has 29 heavy (non-hydrogen) atoms. The van der Waals surface area contributed by atoms with Crippen LogP contribution in [-0.4, -0.2) is 38.3 Å². The molecule has 0 amide bonds. The molecule has 0 saturated heterocycles. The van der Waals surface area contributed by atoms with Gasteiger partial charge in [0.25, 0.3) is 0 Å². The summed E-state index contributed by atoms with van der Waals surface area (Å²) in [6.45, 7) is 5.83. The summed E-state index contributed by atoms with van der Waals surface area (Å²) >= 11 is 0. The molecule has 0 aliphatic heterocycles. The zero-order valence-corrected chi connectivity index (χ0v) is 17.9. The highest BCUT2D eigenvalue weighted by atomic mass is 15.3. The van der Waals surface area contributed by atoms with Gasteiger partial charge in [0.05, 0.1) is 0 Å². The average Bonchev–Trinajstić information content (AvgIpc) is 3.34. The van der Waals surface area contributed by atoms with Crippen LogP contribution in [0, 0.1) is 0 Å². The van der Waals surface area contributed by atoms with E-state index in [-0.39, 0.29) is 0 Å². The summed E-state index contributed by atoms with van der Waals surface area (Å²) in [6, 6.07) is 20.4. The molecular weight excluding hydrogens is 356 g/mol. The molecule has 4 nitrogen and oxygen atoms in total. The molecule has 152 valence electrons. The van der Waals surface area contributed by atoms with Crippen molar-refractivity contribution < 1.29 is 0 Å². The molecule has 3 aromatic rings. The van der Waals surface area contributed by atoms with Gasteiger partial charge in [0.1, 0.15) is 5.82 Å². The molecule has 0 fully saturated rings. The quantitative estimate of drug-likeness (QED) is 0.562. The Hall–Kier alpha value is -2.46. The molecule has 0 saturated carbocycles. The maximum Gasteiger partial charge on any atom is 0.163 e. The van der Waals surface area contributed by atoms with Crippen molar-refractivity contribution in [2.24, 2.45) is 7.05 Å². The number of hydrogen-bond acceptors (Lipinski definition) is 3. The lowest BCUT2D eigenvalue weighted by molar-refractivity contribution is 0.140. The average molecular weight is 389 g/mol. The van der Waals surface area contributed by atoms with Crippen molar-refractivity contribution in [1.29, 1.82) is 0 Å². The van der Waals surface area contributed by atoms with Gasteiger partial charge in [-0.1, -0.05) is 61.5 Å². The first kappa shape index (κ1) is 19.8. The highest BCUT2D eigenvalue weighted by Gasteiger charge is 2.29. The Kier molecular flexibility index (Phi) is 6.10. The number of benzene rings is 2. The molecule has 0 bridgehead atoms. The normalized spacial score (nSPS) is 15.0. The Morgan fingerprint density at radius 3 is 2.31 bits per heavy atom. The van der Waals surface area contributed by atoms with E-state index in [1.54, 1.807) is 0 Å². The summed E-state index contributed by atoms with van der Waals surface area (Å²) in [5, 5.41) is 8.94. The first-order valence-corrected chi connectivity index (χ1v) is 10.9. The molecule has 0 spiro atoms. The summed E-state index contributed by atoms with van der Waals surface area (Å²) in [4.78, 5) is 2.73. The van der Waals surface area contributed by atoms with E-state index in [0.29, 0.717) is 12.1 Å². The molecule has 1 aliphatic rings. The third kappa shape index (κ3) is 4.27. The lowest BCUT2D eigenvalue weighted by atomic mass is 10.1. The van der Waals surface area contributed by atoms with Crippen LogP contribution in [0.2, 0.25) is 0 Å². The van der Waals surface area contributed by atoms with Gasteiger partial charge in [-0.2, -0.15) is 0 Å².